The van der Waals surface area contributed by atoms with E-state index in [1.54, 1.807) is 32.4 Å². The number of nitrogens with zero attached hydrogens (tertiary/aromatic N) is 1. The highest BCUT2D eigenvalue weighted by atomic mass is 35.5. The zero-order valence-electron chi connectivity index (χ0n) is 25.0. The molecule has 13 heteroatoms. The molecule has 0 aromatic heterocycles. The van der Waals surface area contributed by atoms with Crippen LogP contribution < -0.4 is 24.3 Å². The van der Waals surface area contributed by atoms with Crippen LogP contribution in [0.3, 0.4) is 0 Å². The summed E-state index contributed by atoms with van der Waals surface area (Å²) in [5.74, 6) is -1.65. The smallest absolute Gasteiger partial charge is 0.394 e. The van der Waals surface area contributed by atoms with Gasteiger partial charge < -0.3 is 34.1 Å². The van der Waals surface area contributed by atoms with Gasteiger partial charge in [-0.05, 0) is 60.4 Å². The Morgan fingerprint density at radius 2 is 1.53 bits per heavy atom. The number of hydrogen-bond donors (Lipinski definition) is 2. The first-order valence-corrected chi connectivity index (χ1v) is 14.6. The van der Waals surface area contributed by atoms with Crippen LogP contribution in [0.2, 0.25) is 5.02 Å². The van der Waals surface area contributed by atoms with Gasteiger partial charge in [0.1, 0.15) is 24.7 Å². The van der Waals surface area contributed by atoms with Gasteiger partial charge in [-0.3, -0.25) is 9.59 Å². The topological polar surface area (TPSA) is 142 Å². The Kier molecular flexibility index (Phi) is 12.3. The molecule has 1 atom stereocenters. The normalized spacial score (nSPS) is 14.2. The summed E-state index contributed by atoms with van der Waals surface area (Å²) in [6.45, 7) is 0.394. The molecule has 0 spiro atoms. The number of carboxylic acid groups (broad SMARTS) is 1. The van der Waals surface area contributed by atoms with Crippen molar-refractivity contribution in [1.82, 2.24) is 10.4 Å². The molecule has 3 aromatic carbocycles. The standard InChI is InChI=1S/C32H35ClN2O10/c1-40-23-10-6-21(7-11-23)19-43-26-15-14-25(28(33)29(26)44-20-22-8-12-24(41-2)13-9-22)31(37)35(17-16-34-30(36)32(38)39)45-27-5-3-4-18-42-27/h6-15,27H,3-5,16-20H2,1-2H3,(H,34,36)(H,38,39). The third kappa shape index (κ3) is 9.48. The quantitative estimate of drug-likeness (QED) is 0.189. The number of hydroxylamine groups is 2. The number of halogens is 1. The lowest BCUT2D eigenvalue weighted by Crippen LogP contribution is -2.43. The highest BCUT2D eigenvalue weighted by Gasteiger charge is 2.28. The molecule has 4 rings (SSSR count). The lowest BCUT2D eigenvalue weighted by atomic mass is 10.1. The first kappa shape index (κ1) is 33.4. The van der Waals surface area contributed by atoms with Crippen LogP contribution in [0.25, 0.3) is 0 Å². The highest BCUT2D eigenvalue weighted by Crippen LogP contribution is 2.39. The van der Waals surface area contributed by atoms with Gasteiger partial charge >= 0.3 is 11.9 Å². The van der Waals surface area contributed by atoms with Gasteiger partial charge in [0.05, 0.1) is 31.4 Å². The number of carbonyl (C=O) groups excluding carboxylic acids is 2. The van der Waals surface area contributed by atoms with E-state index in [0.717, 1.165) is 29.0 Å². The summed E-state index contributed by atoms with van der Waals surface area (Å²) in [4.78, 5) is 42.2. The second-order valence-electron chi connectivity index (χ2n) is 9.90. The van der Waals surface area contributed by atoms with Gasteiger partial charge in [0.25, 0.3) is 5.91 Å². The van der Waals surface area contributed by atoms with Crippen molar-refractivity contribution in [3.63, 3.8) is 0 Å². The van der Waals surface area contributed by atoms with Crippen LogP contribution in [0.1, 0.15) is 40.7 Å². The molecule has 0 aliphatic carbocycles. The summed E-state index contributed by atoms with van der Waals surface area (Å²) in [6.07, 6.45) is 1.55. The van der Waals surface area contributed by atoms with E-state index in [1.807, 2.05) is 36.4 Å². The van der Waals surface area contributed by atoms with Crippen molar-refractivity contribution < 1.29 is 48.0 Å². The van der Waals surface area contributed by atoms with Crippen molar-refractivity contribution in [2.75, 3.05) is 33.9 Å². The summed E-state index contributed by atoms with van der Waals surface area (Å²) < 4.78 is 28.3. The maximum absolute atomic E-state index is 13.8. The second kappa shape index (κ2) is 16.5. The average Bonchev–Trinajstić information content (AvgIpc) is 3.07. The number of benzene rings is 3. The fraction of sp³-hybridized carbons (Fsp3) is 0.344. The van der Waals surface area contributed by atoms with Gasteiger partial charge in [-0.15, -0.1) is 0 Å². The molecule has 1 aliphatic heterocycles. The zero-order valence-corrected chi connectivity index (χ0v) is 25.7. The van der Waals surface area contributed by atoms with Gasteiger partial charge in [-0.2, -0.15) is 0 Å². The molecule has 1 saturated heterocycles. The van der Waals surface area contributed by atoms with E-state index in [2.05, 4.69) is 5.32 Å². The van der Waals surface area contributed by atoms with Crippen LogP contribution in [0, 0.1) is 0 Å². The predicted octanol–water partition coefficient (Wildman–Crippen LogP) is 4.62. The van der Waals surface area contributed by atoms with Crippen LogP contribution >= 0.6 is 11.6 Å². The SMILES string of the molecule is COc1ccc(COc2ccc(C(=O)N(CCNC(=O)C(=O)O)OC3CCCCO3)c(Cl)c2OCc2ccc(OC)cc2)cc1. The Morgan fingerprint density at radius 1 is 0.911 bits per heavy atom. The molecule has 0 bridgehead atoms. The monoisotopic (exact) mass is 642 g/mol. The van der Waals surface area contributed by atoms with Gasteiger partial charge in [-0.25, -0.2) is 14.7 Å². The molecular weight excluding hydrogens is 608 g/mol. The highest BCUT2D eigenvalue weighted by molar-refractivity contribution is 6.35. The predicted molar refractivity (Wildman–Crippen MR) is 162 cm³/mol. The van der Waals surface area contributed by atoms with Gasteiger partial charge in [0.2, 0.25) is 0 Å². The first-order valence-electron chi connectivity index (χ1n) is 14.2. The molecule has 1 aliphatic rings. The van der Waals surface area contributed by atoms with Crippen molar-refractivity contribution >= 4 is 29.4 Å². The number of aliphatic carboxylic acids is 1. The Bertz CT molecular complexity index is 1440. The molecule has 3 aromatic rings. The number of carboxylic acids is 1. The van der Waals surface area contributed by atoms with Crippen LogP contribution in [0.4, 0.5) is 0 Å². The summed E-state index contributed by atoms with van der Waals surface area (Å²) in [5, 5.41) is 12.1. The van der Waals surface area contributed by atoms with Gasteiger partial charge in [-0.1, -0.05) is 35.9 Å². The maximum Gasteiger partial charge on any atom is 0.394 e. The van der Waals surface area contributed by atoms with Crippen LogP contribution in [0.15, 0.2) is 60.7 Å². The minimum absolute atomic E-state index is 0.0199. The lowest BCUT2D eigenvalue weighted by Gasteiger charge is -2.30. The number of hydrogen-bond acceptors (Lipinski definition) is 9. The largest absolute Gasteiger partial charge is 0.497 e. The molecule has 2 N–H and O–H groups in total. The number of ether oxygens (including phenoxy) is 5. The molecule has 0 saturated carbocycles. The molecule has 1 fully saturated rings. The van der Waals surface area contributed by atoms with Crippen LogP contribution in [-0.4, -0.2) is 68.2 Å². The van der Waals surface area contributed by atoms with Crippen LogP contribution in [0.5, 0.6) is 23.0 Å². The molecule has 0 radical (unpaired) electrons. The zero-order chi connectivity index (χ0) is 32.2. The van der Waals surface area contributed by atoms with Crippen molar-refractivity contribution in [1.29, 1.82) is 0 Å². The average molecular weight is 643 g/mol. The molecule has 1 unspecified atom stereocenters. The van der Waals surface area contributed by atoms with E-state index in [9.17, 15) is 14.4 Å². The molecular formula is C32H35ClN2O10. The number of amides is 2. The van der Waals surface area contributed by atoms with Crippen molar-refractivity contribution in [3.8, 4) is 23.0 Å². The Balaban J connectivity index is 1.59. The van der Waals surface area contributed by atoms with E-state index < -0.39 is 24.1 Å². The Hall–Kier alpha value is -4.52. The fourth-order valence-electron chi connectivity index (χ4n) is 4.33. The molecule has 2 amide bonds. The molecule has 45 heavy (non-hydrogen) atoms. The summed E-state index contributed by atoms with van der Waals surface area (Å²) >= 11 is 6.83. The van der Waals surface area contributed by atoms with Crippen molar-refractivity contribution in [2.24, 2.45) is 0 Å². The molecule has 240 valence electrons. The van der Waals surface area contributed by atoms with Gasteiger partial charge in [0.15, 0.2) is 17.8 Å². The number of rotatable bonds is 14. The van der Waals surface area contributed by atoms with Crippen molar-refractivity contribution in [3.05, 3.63) is 82.4 Å². The fourth-order valence-corrected chi connectivity index (χ4v) is 4.62. The Morgan fingerprint density at radius 3 is 2.09 bits per heavy atom. The van der Waals surface area contributed by atoms with E-state index >= 15 is 0 Å². The maximum atomic E-state index is 13.8. The molecule has 12 nitrogen and oxygen atoms in total. The van der Waals surface area contributed by atoms with E-state index in [4.69, 9.17) is 45.2 Å². The first-order chi connectivity index (χ1) is 21.8. The summed E-state index contributed by atoms with van der Waals surface area (Å²) in [6, 6.07) is 17.7. The van der Waals surface area contributed by atoms with E-state index in [0.29, 0.717) is 30.3 Å². The summed E-state index contributed by atoms with van der Waals surface area (Å²) in [7, 11) is 3.16. The van der Waals surface area contributed by atoms with Crippen molar-refractivity contribution in [2.45, 2.75) is 38.8 Å². The van der Waals surface area contributed by atoms with Crippen LogP contribution in [-0.2, 0) is 32.4 Å². The van der Waals surface area contributed by atoms with E-state index in [-0.39, 0.29) is 42.6 Å². The second-order valence-corrected chi connectivity index (χ2v) is 10.3. The Labute approximate surface area is 265 Å². The minimum Gasteiger partial charge on any atom is -0.497 e. The third-order valence-corrected chi connectivity index (χ3v) is 7.17. The summed E-state index contributed by atoms with van der Waals surface area (Å²) in [5.41, 5.74) is 1.72. The number of nitrogens with one attached hydrogen (secondary N) is 1. The molecule has 1 heterocycles. The van der Waals surface area contributed by atoms with E-state index in [1.165, 1.54) is 6.07 Å². The number of carbonyl (C=O) groups is 3. The minimum atomic E-state index is -1.64. The van der Waals surface area contributed by atoms with Gasteiger partial charge in [0, 0.05) is 19.6 Å². The lowest BCUT2D eigenvalue weighted by molar-refractivity contribution is -0.266. The third-order valence-electron chi connectivity index (χ3n) is 6.79. The number of methoxy groups -OCH3 is 2.